The standard InChI is InChI=1S/C22H24N4O3/c1-2-26-15-16(14-23-26)20-13-18(17-5-3-4-6-19(17)24-20)21(27)25-9-7-22(8-10-25)28-11-12-29-22/h3-6,13-15H,2,7-12H2,1H3. The van der Waals surface area contributed by atoms with Crippen molar-refractivity contribution < 1.29 is 14.3 Å². The van der Waals surface area contributed by atoms with E-state index in [0.717, 1.165) is 28.7 Å². The lowest BCUT2D eigenvalue weighted by Crippen LogP contribution is -2.47. The number of ether oxygens (including phenoxy) is 2. The zero-order valence-electron chi connectivity index (χ0n) is 16.5. The summed E-state index contributed by atoms with van der Waals surface area (Å²) in [5, 5.41) is 5.22. The number of amides is 1. The third-order valence-electron chi connectivity index (χ3n) is 5.83. The van der Waals surface area contributed by atoms with Gasteiger partial charge in [0.05, 0.1) is 36.2 Å². The smallest absolute Gasteiger partial charge is 0.254 e. The molecule has 7 heteroatoms. The van der Waals surface area contributed by atoms with E-state index in [1.54, 1.807) is 6.20 Å². The predicted molar refractivity (Wildman–Crippen MR) is 108 cm³/mol. The number of benzene rings is 1. The summed E-state index contributed by atoms with van der Waals surface area (Å²) < 4.78 is 13.5. The number of aromatic nitrogens is 3. The van der Waals surface area contributed by atoms with Crippen molar-refractivity contribution >= 4 is 16.8 Å². The Balaban J connectivity index is 1.49. The van der Waals surface area contributed by atoms with E-state index >= 15 is 0 Å². The van der Waals surface area contributed by atoms with Crippen LogP contribution in [-0.2, 0) is 16.0 Å². The number of aryl methyl sites for hydroxylation is 1. The second-order valence-electron chi connectivity index (χ2n) is 7.56. The zero-order chi connectivity index (χ0) is 19.8. The molecule has 0 unspecified atom stereocenters. The van der Waals surface area contributed by atoms with Crippen LogP contribution in [-0.4, -0.2) is 57.7 Å². The van der Waals surface area contributed by atoms with Gasteiger partial charge >= 0.3 is 0 Å². The van der Waals surface area contributed by atoms with Crippen LogP contribution in [0.25, 0.3) is 22.2 Å². The van der Waals surface area contributed by atoms with E-state index in [9.17, 15) is 4.79 Å². The lowest BCUT2D eigenvalue weighted by molar-refractivity contribution is -0.181. The van der Waals surface area contributed by atoms with E-state index in [0.29, 0.717) is 44.7 Å². The van der Waals surface area contributed by atoms with Crippen LogP contribution in [0.4, 0.5) is 0 Å². The number of rotatable bonds is 3. The Kier molecular flexibility index (Phi) is 4.56. The van der Waals surface area contributed by atoms with Gasteiger partial charge in [-0.05, 0) is 19.1 Å². The topological polar surface area (TPSA) is 69.5 Å². The summed E-state index contributed by atoms with van der Waals surface area (Å²) in [5.74, 6) is -0.461. The summed E-state index contributed by atoms with van der Waals surface area (Å²) in [6.07, 6.45) is 5.18. The molecule has 1 amide bonds. The van der Waals surface area contributed by atoms with Gasteiger partial charge in [0.1, 0.15) is 0 Å². The van der Waals surface area contributed by atoms with Crippen LogP contribution >= 0.6 is 0 Å². The van der Waals surface area contributed by atoms with Crippen molar-refractivity contribution in [2.45, 2.75) is 32.1 Å². The summed E-state index contributed by atoms with van der Waals surface area (Å²) in [7, 11) is 0. The quantitative estimate of drug-likeness (QED) is 0.685. The highest BCUT2D eigenvalue weighted by Crippen LogP contribution is 2.33. The van der Waals surface area contributed by atoms with Crippen molar-refractivity contribution in [2.24, 2.45) is 0 Å². The molecule has 1 aromatic carbocycles. The number of pyridine rings is 1. The van der Waals surface area contributed by atoms with Crippen LogP contribution in [0.1, 0.15) is 30.1 Å². The fraction of sp³-hybridized carbons (Fsp3) is 0.409. The van der Waals surface area contributed by atoms with E-state index in [-0.39, 0.29) is 5.91 Å². The van der Waals surface area contributed by atoms with Gasteiger partial charge in [0, 0.05) is 49.6 Å². The fourth-order valence-electron chi connectivity index (χ4n) is 4.18. The zero-order valence-corrected chi connectivity index (χ0v) is 16.5. The number of piperidine rings is 1. The molecule has 2 aliphatic heterocycles. The average molecular weight is 392 g/mol. The molecular formula is C22H24N4O3. The molecule has 0 saturated carbocycles. The number of carbonyl (C=O) groups is 1. The van der Waals surface area contributed by atoms with Crippen LogP contribution in [0.3, 0.4) is 0 Å². The predicted octanol–water partition coefficient (Wildman–Crippen LogP) is 3.10. The van der Waals surface area contributed by atoms with Crippen LogP contribution in [0.2, 0.25) is 0 Å². The molecule has 150 valence electrons. The Labute approximate surface area is 169 Å². The second kappa shape index (κ2) is 7.24. The van der Waals surface area contributed by atoms with Crippen molar-refractivity contribution in [2.75, 3.05) is 26.3 Å². The molecule has 2 aliphatic rings. The number of hydrogen-bond donors (Lipinski definition) is 0. The fourth-order valence-corrected chi connectivity index (χ4v) is 4.18. The minimum absolute atomic E-state index is 0.0283. The maximum atomic E-state index is 13.5. The van der Waals surface area contributed by atoms with E-state index in [1.807, 2.05) is 53.0 Å². The van der Waals surface area contributed by atoms with E-state index in [4.69, 9.17) is 14.5 Å². The average Bonchev–Trinajstić information content (AvgIpc) is 3.43. The molecule has 0 aliphatic carbocycles. The van der Waals surface area contributed by atoms with Gasteiger partial charge < -0.3 is 14.4 Å². The van der Waals surface area contributed by atoms with Crippen LogP contribution in [0.5, 0.6) is 0 Å². The Bertz CT molecular complexity index is 1050. The monoisotopic (exact) mass is 392 g/mol. The number of hydrogen-bond acceptors (Lipinski definition) is 5. The largest absolute Gasteiger partial charge is 0.347 e. The molecule has 3 aromatic rings. The van der Waals surface area contributed by atoms with Crippen molar-refractivity contribution in [3.05, 3.63) is 48.3 Å². The highest BCUT2D eigenvalue weighted by atomic mass is 16.7. The molecule has 29 heavy (non-hydrogen) atoms. The van der Waals surface area contributed by atoms with Gasteiger partial charge in [0.15, 0.2) is 5.79 Å². The van der Waals surface area contributed by atoms with Gasteiger partial charge in [-0.1, -0.05) is 18.2 Å². The second-order valence-corrected chi connectivity index (χ2v) is 7.56. The number of carbonyl (C=O) groups excluding carboxylic acids is 1. The van der Waals surface area contributed by atoms with Crippen LogP contribution in [0, 0.1) is 0 Å². The highest BCUT2D eigenvalue weighted by molar-refractivity contribution is 6.07. The summed E-state index contributed by atoms with van der Waals surface area (Å²) in [5.41, 5.74) is 3.17. The summed E-state index contributed by atoms with van der Waals surface area (Å²) in [6, 6.07) is 9.70. The van der Waals surface area contributed by atoms with Gasteiger partial charge in [-0.25, -0.2) is 4.98 Å². The van der Waals surface area contributed by atoms with Crippen LogP contribution < -0.4 is 0 Å². The lowest BCUT2D eigenvalue weighted by atomic mass is 10.0. The maximum Gasteiger partial charge on any atom is 0.254 e. The van der Waals surface area contributed by atoms with Crippen LogP contribution in [0.15, 0.2) is 42.7 Å². The molecule has 2 aromatic heterocycles. The van der Waals surface area contributed by atoms with Gasteiger partial charge in [0.25, 0.3) is 5.91 Å². The highest BCUT2D eigenvalue weighted by Gasteiger charge is 2.41. The number of likely N-dealkylation sites (tertiary alicyclic amines) is 1. The molecule has 2 fully saturated rings. The third-order valence-corrected chi connectivity index (χ3v) is 5.83. The Morgan fingerprint density at radius 1 is 1.17 bits per heavy atom. The first-order chi connectivity index (χ1) is 14.2. The molecule has 0 bridgehead atoms. The summed E-state index contributed by atoms with van der Waals surface area (Å²) in [6.45, 7) is 5.35. The minimum Gasteiger partial charge on any atom is -0.347 e. The van der Waals surface area contributed by atoms with Gasteiger partial charge in [-0.3, -0.25) is 9.48 Å². The van der Waals surface area contributed by atoms with E-state index in [1.165, 1.54) is 0 Å². The van der Waals surface area contributed by atoms with Crippen molar-refractivity contribution in [1.29, 1.82) is 0 Å². The summed E-state index contributed by atoms with van der Waals surface area (Å²) >= 11 is 0. The Morgan fingerprint density at radius 3 is 2.66 bits per heavy atom. The number of nitrogens with zero attached hydrogens (tertiary/aromatic N) is 4. The first kappa shape index (κ1) is 18.3. The summed E-state index contributed by atoms with van der Waals surface area (Å²) in [4.78, 5) is 20.1. The molecule has 0 radical (unpaired) electrons. The van der Waals surface area contributed by atoms with E-state index < -0.39 is 5.79 Å². The SMILES string of the molecule is CCn1cc(-c2cc(C(=O)N3CCC4(CC3)OCCO4)c3ccccc3n2)cn1. The molecule has 7 nitrogen and oxygen atoms in total. The maximum absolute atomic E-state index is 13.5. The Hall–Kier alpha value is -2.77. The molecular weight excluding hydrogens is 368 g/mol. The van der Waals surface area contributed by atoms with Crippen molar-refractivity contribution in [3.63, 3.8) is 0 Å². The minimum atomic E-state index is -0.489. The Morgan fingerprint density at radius 2 is 1.93 bits per heavy atom. The van der Waals surface area contributed by atoms with Crippen molar-refractivity contribution in [3.8, 4) is 11.3 Å². The number of para-hydroxylation sites is 1. The lowest BCUT2D eigenvalue weighted by Gasteiger charge is -2.37. The van der Waals surface area contributed by atoms with Gasteiger partial charge in [-0.2, -0.15) is 5.10 Å². The normalized spacial score (nSPS) is 18.6. The van der Waals surface area contributed by atoms with Gasteiger partial charge in [0.2, 0.25) is 0 Å². The van der Waals surface area contributed by atoms with Gasteiger partial charge in [-0.15, -0.1) is 0 Å². The molecule has 0 N–H and O–H groups in total. The molecule has 5 rings (SSSR count). The van der Waals surface area contributed by atoms with Crippen molar-refractivity contribution in [1.82, 2.24) is 19.7 Å². The molecule has 2 saturated heterocycles. The molecule has 4 heterocycles. The molecule has 1 spiro atoms. The number of fused-ring (bicyclic) bond motifs is 1. The third kappa shape index (κ3) is 3.30. The first-order valence-corrected chi connectivity index (χ1v) is 10.2. The van der Waals surface area contributed by atoms with E-state index in [2.05, 4.69) is 5.10 Å². The molecule has 0 atom stereocenters. The first-order valence-electron chi connectivity index (χ1n) is 10.2.